The Bertz CT molecular complexity index is 843. The highest BCUT2D eigenvalue weighted by Crippen LogP contribution is 2.27. The molecule has 0 aliphatic rings. The van der Waals surface area contributed by atoms with Gasteiger partial charge in [-0.2, -0.15) is 0 Å². The Morgan fingerprint density at radius 2 is 1.78 bits per heavy atom. The second-order valence-corrected chi connectivity index (χ2v) is 6.05. The molecule has 0 aliphatic carbocycles. The first-order chi connectivity index (χ1) is 12.8. The van der Waals surface area contributed by atoms with Gasteiger partial charge in [0.15, 0.2) is 17.7 Å². The molecule has 0 saturated carbocycles. The van der Waals surface area contributed by atoms with Crippen LogP contribution in [0, 0.1) is 5.82 Å². The Hall–Kier alpha value is -2.80. The molecule has 1 amide bonds. The number of carbonyl (C=O) groups excluding carboxylic acids is 2. The zero-order valence-electron chi connectivity index (χ0n) is 15.0. The van der Waals surface area contributed by atoms with Crippen molar-refractivity contribution in [3.8, 4) is 11.5 Å². The molecular weight excluding hydrogens is 377 g/mol. The molecule has 144 valence electrons. The van der Waals surface area contributed by atoms with Crippen LogP contribution in [0.15, 0.2) is 36.4 Å². The summed E-state index contributed by atoms with van der Waals surface area (Å²) in [6.07, 6.45) is -1.25. The van der Waals surface area contributed by atoms with Gasteiger partial charge in [-0.25, -0.2) is 4.39 Å². The fourth-order valence-electron chi connectivity index (χ4n) is 2.29. The molecule has 6 nitrogen and oxygen atoms in total. The summed E-state index contributed by atoms with van der Waals surface area (Å²) in [5.41, 5.74) is 0.762. The van der Waals surface area contributed by atoms with Gasteiger partial charge in [-0.05, 0) is 42.8 Å². The van der Waals surface area contributed by atoms with E-state index >= 15 is 0 Å². The standard InChI is InChI=1S/C19H19ClFNO5/c1-11(19(24)22-15-10-13(20)5-7-17(15)26-3)27-18(23)9-12-4-6-16(25-2)14(21)8-12/h4-8,10-11H,9H2,1-3H3,(H,22,24)/t11-/m0/s1. The van der Waals surface area contributed by atoms with Crippen LogP contribution in [0.4, 0.5) is 10.1 Å². The molecule has 0 unspecified atom stereocenters. The summed E-state index contributed by atoms with van der Waals surface area (Å²) in [7, 11) is 2.80. The predicted molar refractivity (Wildman–Crippen MR) is 98.8 cm³/mol. The minimum absolute atomic E-state index is 0.0790. The summed E-state index contributed by atoms with van der Waals surface area (Å²) in [6, 6.07) is 8.89. The molecule has 0 heterocycles. The van der Waals surface area contributed by atoms with Crippen molar-refractivity contribution in [3.05, 3.63) is 52.8 Å². The van der Waals surface area contributed by atoms with Crippen LogP contribution in [0.1, 0.15) is 12.5 Å². The molecule has 0 radical (unpaired) electrons. The van der Waals surface area contributed by atoms with Gasteiger partial charge in [0.05, 0.1) is 26.3 Å². The van der Waals surface area contributed by atoms with Crippen LogP contribution in [-0.2, 0) is 20.7 Å². The average Bonchev–Trinajstić information content (AvgIpc) is 2.62. The molecule has 0 fully saturated rings. The molecule has 2 aromatic rings. The number of benzene rings is 2. The summed E-state index contributed by atoms with van der Waals surface area (Å²) < 4.78 is 28.7. The number of hydrogen-bond acceptors (Lipinski definition) is 5. The quantitative estimate of drug-likeness (QED) is 0.725. The average molecular weight is 396 g/mol. The number of ether oxygens (including phenoxy) is 3. The van der Waals surface area contributed by atoms with Gasteiger partial charge in [0.25, 0.3) is 5.91 Å². The molecule has 0 aliphatic heterocycles. The third-order valence-corrected chi connectivity index (χ3v) is 3.90. The lowest BCUT2D eigenvalue weighted by molar-refractivity contribution is -0.152. The van der Waals surface area contributed by atoms with E-state index in [1.54, 1.807) is 18.2 Å². The number of anilines is 1. The van der Waals surface area contributed by atoms with Gasteiger partial charge in [0.1, 0.15) is 5.75 Å². The Labute approximate surface area is 161 Å². The molecule has 0 bridgehead atoms. The van der Waals surface area contributed by atoms with E-state index in [-0.39, 0.29) is 12.2 Å². The van der Waals surface area contributed by atoms with Crippen molar-refractivity contribution in [2.75, 3.05) is 19.5 Å². The summed E-state index contributed by atoms with van der Waals surface area (Å²) >= 11 is 5.91. The van der Waals surface area contributed by atoms with Crippen LogP contribution in [0.5, 0.6) is 11.5 Å². The summed E-state index contributed by atoms with van der Waals surface area (Å²) in [6.45, 7) is 1.43. The second-order valence-electron chi connectivity index (χ2n) is 5.61. The van der Waals surface area contributed by atoms with Crippen molar-refractivity contribution in [1.29, 1.82) is 0 Å². The molecule has 0 aromatic heterocycles. The molecule has 1 atom stereocenters. The Kier molecular flexibility index (Phi) is 7.01. The SMILES string of the molecule is COc1ccc(CC(=O)O[C@@H](C)C(=O)Nc2cc(Cl)ccc2OC)cc1F. The van der Waals surface area contributed by atoms with E-state index in [1.807, 2.05) is 0 Å². The number of amides is 1. The number of nitrogens with one attached hydrogen (secondary N) is 1. The van der Waals surface area contributed by atoms with Gasteiger partial charge in [0, 0.05) is 5.02 Å². The first-order valence-electron chi connectivity index (χ1n) is 8.00. The second kappa shape index (κ2) is 9.23. The van der Waals surface area contributed by atoms with E-state index in [1.165, 1.54) is 39.3 Å². The van der Waals surface area contributed by atoms with Gasteiger partial charge in [-0.15, -0.1) is 0 Å². The molecule has 27 heavy (non-hydrogen) atoms. The van der Waals surface area contributed by atoms with E-state index in [0.29, 0.717) is 22.0 Å². The maximum atomic E-state index is 13.7. The highest BCUT2D eigenvalue weighted by Gasteiger charge is 2.20. The third kappa shape index (κ3) is 5.59. The molecule has 2 rings (SSSR count). The van der Waals surface area contributed by atoms with Crippen molar-refractivity contribution >= 4 is 29.2 Å². The third-order valence-electron chi connectivity index (χ3n) is 3.66. The molecule has 8 heteroatoms. The zero-order valence-corrected chi connectivity index (χ0v) is 15.8. The predicted octanol–water partition coefficient (Wildman–Crippen LogP) is 3.61. The number of carbonyl (C=O) groups is 2. The van der Waals surface area contributed by atoms with E-state index < -0.39 is 23.8 Å². The number of esters is 1. The normalized spacial score (nSPS) is 11.4. The summed E-state index contributed by atoms with van der Waals surface area (Å²) in [5, 5.41) is 3.01. The van der Waals surface area contributed by atoms with Gasteiger partial charge >= 0.3 is 5.97 Å². The van der Waals surface area contributed by atoms with Crippen molar-refractivity contribution in [2.24, 2.45) is 0 Å². The van der Waals surface area contributed by atoms with Gasteiger partial charge in [-0.3, -0.25) is 9.59 Å². The number of rotatable bonds is 7. The number of methoxy groups -OCH3 is 2. The minimum Gasteiger partial charge on any atom is -0.495 e. The highest BCUT2D eigenvalue weighted by atomic mass is 35.5. The maximum Gasteiger partial charge on any atom is 0.311 e. The first kappa shape index (κ1) is 20.5. The monoisotopic (exact) mass is 395 g/mol. The summed E-state index contributed by atoms with van der Waals surface area (Å²) in [4.78, 5) is 24.3. The summed E-state index contributed by atoms with van der Waals surface area (Å²) in [5.74, 6) is -1.30. The fraction of sp³-hybridized carbons (Fsp3) is 0.263. The first-order valence-corrected chi connectivity index (χ1v) is 8.38. The smallest absolute Gasteiger partial charge is 0.311 e. The van der Waals surface area contributed by atoms with Crippen LogP contribution in [0.3, 0.4) is 0 Å². The van der Waals surface area contributed by atoms with Gasteiger partial charge < -0.3 is 19.5 Å². The van der Waals surface area contributed by atoms with Crippen molar-refractivity contribution in [3.63, 3.8) is 0 Å². The van der Waals surface area contributed by atoms with Crippen LogP contribution >= 0.6 is 11.6 Å². The fourth-order valence-corrected chi connectivity index (χ4v) is 2.46. The Morgan fingerprint density at radius 3 is 2.41 bits per heavy atom. The molecule has 1 N–H and O–H groups in total. The highest BCUT2D eigenvalue weighted by molar-refractivity contribution is 6.31. The van der Waals surface area contributed by atoms with Gasteiger partial charge in [0.2, 0.25) is 0 Å². The Balaban J connectivity index is 1.96. The van der Waals surface area contributed by atoms with Crippen LogP contribution in [0.25, 0.3) is 0 Å². The lowest BCUT2D eigenvalue weighted by Crippen LogP contribution is -2.30. The van der Waals surface area contributed by atoms with E-state index in [2.05, 4.69) is 5.32 Å². The number of hydrogen-bond donors (Lipinski definition) is 1. The van der Waals surface area contributed by atoms with Crippen molar-refractivity contribution in [1.82, 2.24) is 0 Å². The lowest BCUT2D eigenvalue weighted by Gasteiger charge is -2.15. The van der Waals surface area contributed by atoms with Crippen LogP contribution in [0.2, 0.25) is 5.02 Å². The molecular formula is C19H19ClFNO5. The maximum absolute atomic E-state index is 13.7. The molecule has 0 saturated heterocycles. The van der Waals surface area contributed by atoms with Gasteiger partial charge in [-0.1, -0.05) is 17.7 Å². The van der Waals surface area contributed by atoms with Crippen LogP contribution in [-0.4, -0.2) is 32.2 Å². The van der Waals surface area contributed by atoms with E-state index in [9.17, 15) is 14.0 Å². The van der Waals surface area contributed by atoms with Crippen LogP contribution < -0.4 is 14.8 Å². The molecule has 2 aromatic carbocycles. The zero-order chi connectivity index (χ0) is 20.0. The van der Waals surface area contributed by atoms with E-state index in [4.69, 9.17) is 25.8 Å². The van der Waals surface area contributed by atoms with Crippen molar-refractivity contribution < 1.29 is 28.2 Å². The lowest BCUT2D eigenvalue weighted by atomic mass is 10.1. The van der Waals surface area contributed by atoms with E-state index in [0.717, 1.165) is 0 Å². The Morgan fingerprint density at radius 1 is 1.11 bits per heavy atom. The topological polar surface area (TPSA) is 73.9 Å². The molecule has 0 spiro atoms. The minimum atomic E-state index is -1.07. The largest absolute Gasteiger partial charge is 0.495 e. The van der Waals surface area contributed by atoms with Crippen molar-refractivity contribution in [2.45, 2.75) is 19.4 Å². The number of halogens is 2.